The van der Waals surface area contributed by atoms with Gasteiger partial charge in [-0.2, -0.15) is 18.4 Å². The molecule has 0 aliphatic carbocycles. The smallest absolute Gasteiger partial charge is 0.386 e. The first-order valence-corrected chi connectivity index (χ1v) is 8.16. The summed E-state index contributed by atoms with van der Waals surface area (Å²) >= 11 is 3.33. The van der Waals surface area contributed by atoms with Gasteiger partial charge in [-0.15, -0.1) is 0 Å². The number of nitriles is 1. The molecule has 0 saturated carbocycles. The van der Waals surface area contributed by atoms with Crippen LogP contribution in [-0.2, 0) is 17.5 Å². The minimum absolute atomic E-state index is 0.336. The molecule has 2 rings (SSSR count). The van der Waals surface area contributed by atoms with Crippen molar-refractivity contribution in [3.63, 3.8) is 0 Å². The number of alkyl halides is 3. The Bertz CT molecular complexity index is 872. The summed E-state index contributed by atoms with van der Waals surface area (Å²) in [4.78, 5) is 12.1. The Hall–Kier alpha value is -2.79. The monoisotopic (exact) mass is 423 g/mol. The molecule has 2 aromatic rings. The van der Waals surface area contributed by atoms with Gasteiger partial charge in [0.2, 0.25) is 0 Å². The molecule has 0 spiro atoms. The highest BCUT2D eigenvalue weighted by Crippen LogP contribution is 2.34. The van der Waals surface area contributed by atoms with Gasteiger partial charge in [0, 0.05) is 17.2 Å². The summed E-state index contributed by atoms with van der Waals surface area (Å²) in [5, 5.41) is 14.0. The van der Waals surface area contributed by atoms with Crippen LogP contribution in [-0.4, -0.2) is 5.91 Å². The van der Waals surface area contributed by atoms with E-state index >= 15 is 0 Å². The fourth-order valence-corrected chi connectivity index (χ4v) is 2.54. The normalized spacial score (nSPS) is 11.6. The fourth-order valence-electron chi connectivity index (χ4n) is 2.10. The Balaban J connectivity index is 2.09. The van der Waals surface area contributed by atoms with E-state index in [9.17, 15) is 18.0 Å². The molecule has 4 nitrogen and oxygen atoms in total. The summed E-state index contributed by atoms with van der Waals surface area (Å²) in [6.07, 6.45) is -3.44. The van der Waals surface area contributed by atoms with Crippen LogP contribution in [0.2, 0.25) is 0 Å². The van der Waals surface area contributed by atoms with E-state index in [4.69, 9.17) is 5.26 Å². The van der Waals surface area contributed by atoms with Crippen molar-refractivity contribution in [3.8, 4) is 6.07 Å². The predicted molar refractivity (Wildman–Crippen MR) is 94.8 cm³/mol. The molecule has 1 amide bonds. The highest BCUT2D eigenvalue weighted by Gasteiger charge is 2.33. The molecule has 0 fully saturated rings. The molecule has 0 radical (unpaired) electrons. The zero-order valence-electron chi connectivity index (χ0n) is 13.3. The second-order valence-electron chi connectivity index (χ2n) is 5.18. The molecular formula is C18H13BrF3N3O. The number of hydrogen-bond donors (Lipinski definition) is 2. The molecule has 0 aromatic heterocycles. The van der Waals surface area contributed by atoms with Crippen molar-refractivity contribution in [2.75, 3.05) is 5.32 Å². The summed E-state index contributed by atoms with van der Waals surface area (Å²) in [6.45, 7) is 0.344. The van der Waals surface area contributed by atoms with Crippen molar-refractivity contribution in [1.82, 2.24) is 5.32 Å². The van der Waals surface area contributed by atoms with Crippen molar-refractivity contribution in [1.29, 1.82) is 5.26 Å². The number of nitrogens with zero attached hydrogens (tertiary/aromatic N) is 1. The van der Waals surface area contributed by atoms with Crippen LogP contribution in [0.15, 0.2) is 64.8 Å². The molecule has 0 bridgehead atoms. The first-order valence-electron chi connectivity index (χ1n) is 7.37. The summed E-state index contributed by atoms with van der Waals surface area (Å²) in [6, 6.07) is 13.6. The number of amides is 1. The highest BCUT2D eigenvalue weighted by molar-refractivity contribution is 9.10. The molecule has 0 aliphatic rings. The molecule has 26 heavy (non-hydrogen) atoms. The van der Waals surface area contributed by atoms with E-state index in [1.807, 2.05) is 24.3 Å². The maximum absolute atomic E-state index is 13.0. The van der Waals surface area contributed by atoms with E-state index in [2.05, 4.69) is 26.6 Å². The Morgan fingerprint density at radius 3 is 2.58 bits per heavy atom. The van der Waals surface area contributed by atoms with E-state index < -0.39 is 23.3 Å². The van der Waals surface area contributed by atoms with Crippen LogP contribution in [0.1, 0.15) is 11.1 Å². The van der Waals surface area contributed by atoms with Crippen molar-refractivity contribution in [3.05, 3.63) is 75.9 Å². The Kier molecular flexibility index (Phi) is 6.41. The molecule has 2 N–H and O–H groups in total. The quantitative estimate of drug-likeness (QED) is 0.545. The lowest BCUT2D eigenvalue weighted by Gasteiger charge is -2.13. The lowest BCUT2D eigenvalue weighted by atomic mass is 10.1. The van der Waals surface area contributed by atoms with Crippen LogP contribution in [0.5, 0.6) is 0 Å². The fraction of sp³-hybridized carbons (Fsp3) is 0.111. The molecule has 0 unspecified atom stereocenters. The van der Waals surface area contributed by atoms with E-state index in [0.717, 1.165) is 22.2 Å². The standard InChI is InChI=1S/C18H13BrF3N3O/c19-14-5-3-4-12(8-14)10-24-11-13(9-23)17(26)25-16-7-2-1-6-15(16)18(20,21)22/h1-8,11,24H,10H2,(H,25,26)/b13-11-. The first kappa shape index (κ1) is 19.5. The summed E-state index contributed by atoms with van der Waals surface area (Å²) in [5.41, 5.74) is -0.821. The van der Waals surface area contributed by atoms with E-state index in [-0.39, 0.29) is 5.57 Å². The van der Waals surface area contributed by atoms with Crippen molar-refractivity contribution in [2.24, 2.45) is 0 Å². The molecular weight excluding hydrogens is 411 g/mol. The van der Waals surface area contributed by atoms with Gasteiger partial charge < -0.3 is 10.6 Å². The highest BCUT2D eigenvalue weighted by atomic mass is 79.9. The molecule has 0 aliphatic heterocycles. The van der Waals surface area contributed by atoms with Crippen LogP contribution < -0.4 is 10.6 Å². The van der Waals surface area contributed by atoms with Crippen LogP contribution in [0.3, 0.4) is 0 Å². The second-order valence-corrected chi connectivity index (χ2v) is 6.09. The van der Waals surface area contributed by atoms with Crippen LogP contribution in [0.25, 0.3) is 0 Å². The van der Waals surface area contributed by atoms with Gasteiger partial charge in [-0.05, 0) is 29.8 Å². The second kappa shape index (κ2) is 8.54. The van der Waals surface area contributed by atoms with Crippen LogP contribution in [0, 0.1) is 11.3 Å². The van der Waals surface area contributed by atoms with Gasteiger partial charge in [0.15, 0.2) is 0 Å². The van der Waals surface area contributed by atoms with Gasteiger partial charge in [0.25, 0.3) is 5.91 Å². The largest absolute Gasteiger partial charge is 0.418 e. The Morgan fingerprint density at radius 2 is 1.92 bits per heavy atom. The van der Waals surface area contributed by atoms with E-state index in [1.54, 1.807) is 6.07 Å². The van der Waals surface area contributed by atoms with Crippen molar-refractivity contribution in [2.45, 2.75) is 12.7 Å². The predicted octanol–water partition coefficient (Wildman–Crippen LogP) is 4.60. The number of halogens is 4. The molecule has 0 saturated heterocycles. The van der Waals surface area contributed by atoms with Crippen LogP contribution in [0.4, 0.5) is 18.9 Å². The maximum Gasteiger partial charge on any atom is 0.418 e. The average Bonchev–Trinajstić information content (AvgIpc) is 2.58. The number of anilines is 1. The number of nitrogens with one attached hydrogen (secondary N) is 2. The number of hydrogen-bond acceptors (Lipinski definition) is 3. The Labute approximate surface area is 156 Å². The SMILES string of the molecule is N#C/C(=C/NCc1cccc(Br)c1)C(=O)Nc1ccccc1C(F)(F)F. The van der Waals surface area contributed by atoms with Crippen LogP contribution >= 0.6 is 15.9 Å². The van der Waals surface area contributed by atoms with Gasteiger partial charge in [-0.25, -0.2) is 0 Å². The third-order valence-corrected chi connectivity index (χ3v) is 3.78. The van der Waals surface area contributed by atoms with Gasteiger partial charge in [0.05, 0.1) is 11.3 Å². The van der Waals surface area contributed by atoms with E-state index in [0.29, 0.717) is 6.54 Å². The minimum atomic E-state index is -4.61. The topological polar surface area (TPSA) is 64.9 Å². The molecule has 2 aromatic carbocycles. The molecule has 0 atom stereocenters. The number of rotatable bonds is 5. The average molecular weight is 424 g/mol. The number of carbonyl (C=O) groups is 1. The van der Waals surface area contributed by atoms with Crippen molar-refractivity contribution < 1.29 is 18.0 Å². The molecule has 8 heteroatoms. The van der Waals surface area contributed by atoms with Gasteiger partial charge >= 0.3 is 6.18 Å². The molecule has 134 valence electrons. The van der Waals surface area contributed by atoms with E-state index in [1.165, 1.54) is 18.3 Å². The zero-order valence-corrected chi connectivity index (χ0v) is 14.9. The lowest BCUT2D eigenvalue weighted by molar-refractivity contribution is -0.137. The number of para-hydroxylation sites is 1. The summed E-state index contributed by atoms with van der Waals surface area (Å²) < 4.78 is 39.8. The van der Waals surface area contributed by atoms with Gasteiger partial charge in [-0.3, -0.25) is 4.79 Å². The third kappa shape index (κ3) is 5.36. The number of carbonyl (C=O) groups excluding carboxylic acids is 1. The minimum Gasteiger partial charge on any atom is -0.386 e. The van der Waals surface area contributed by atoms with Gasteiger partial charge in [0.1, 0.15) is 11.6 Å². The maximum atomic E-state index is 13.0. The van der Waals surface area contributed by atoms with Gasteiger partial charge in [-0.1, -0.05) is 40.2 Å². The summed E-state index contributed by atoms with van der Waals surface area (Å²) in [7, 11) is 0. The third-order valence-electron chi connectivity index (χ3n) is 3.29. The zero-order chi connectivity index (χ0) is 19.2. The van der Waals surface area contributed by atoms with Crippen molar-refractivity contribution >= 4 is 27.5 Å². The first-order chi connectivity index (χ1) is 12.3. The Morgan fingerprint density at radius 1 is 1.19 bits per heavy atom. The number of benzene rings is 2. The lowest BCUT2D eigenvalue weighted by Crippen LogP contribution is -2.19. The summed E-state index contributed by atoms with van der Waals surface area (Å²) in [5.74, 6) is -0.925. The molecule has 0 heterocycles.